The summed E-state index contributed by atoms with van der Waals surface area (Å²) in [5.74, 6) is 0. The molecule has 3 nitrogen and oxygen atoms in total. The maximum Gasteiger partial charge on any atom is 0.0315 e. The summed E-state index contributed by atoms with van der Waals surface area (Å²) >= 11 is 0. The molecule has 92 valence electrons. The Morgan fingerprint density at radius 3 is 3.18 bits per heavy atom. The molecule has 17 heavy (non-hydrogen) atoms. The van der Waals surface area contributed by atoms with Crippen LogP contribution < -0.4 is 5.32 Å². The molecule has 0 aromatic carbocycles. The zero-order valence-electron chi connectivity index (χ0n) is 10.6. The largest absolute Gasteiger partial charge is 0.316 e. The number of aryl methyl sites for hydroxylation is 1. The first kappa shape index (κ1) is 11.2. The van der Waals surface area contributed by atoms with Crippen molar-refractivity contribution in [3.8, 4) is 0 Å². The molecule has 0 aliphatic carbocycles. The molecule has 1 unspecified atom stereocenters. The number of pyridine rings is 1. The molecule has 3 heteroatoms. The van der Waals surface area contributed by atoms with Gasteiger partial charge in [0.2, 0.25) is 0 Å². The van der Waals surface area contributed by atoms with Gasteiger partial charge in [0.05, 0.1) is 0 Å². The fourth-order valence-corrected chi connectivity index (χ4v) is 3.21. The summed E-state index contributed by atoms with van der Waals surface area (Å²) in [5, 5.41) is 3.51. The van der Waals surface area contributed by atoms with E-state index in [0.717, 1.165) is 6.54 Å². The SMILES string of the molecule is Cc1ccncc1CN1CCC2(CCNC2)C1. The molecular formula is C14H21N3. The Hall–Kier alpha value is -0.930. The first-order chi connectivity index (χ1) is 8.27. The normalized spacial score (nSPS) is 29.2. The van der Waals surface area contributed by atoms with Crippen molar-refractivity contribution in [1.29, 1.82) is 0 Å². The number of hydrogen-bond acceptors (Lipinski definition) is 3. The molecule has 3 heterocycles. The van der Waals surface area contributed by atoms with Crippen molar-refractivity contribution in [3.05, 3.63) is 29.6 Å². The second-order valence-electron chi connectivity index (χ2n) is 5.69. The summed E-state index contributed by atoms with van der Waals surface area (Å²) in [5.41, 5.74) is 3.33. The van der Waals surface area contributed by atoms with E-state index in [0.29, 0.717) is 5.41 Å². The summed E-state index contributed by atoms with van der Waals surface area (Å²) in [6, 6.07) is 2.11. The third kappa shape index (κ3) is 2.22. The van der Waals surface area contributed by atoms with Crippen LogP contribution in [0.2, 0.25) is 0 Å². The Bertz CT molecular complexity index is 396. The van der Waals surface area contributed by atoms with E-state index in [1.165, 1.54) is 50.1 Å². The van der Waals surface area contributed by atoms with Crippen molar-refractivity contribution in [2.75, 3.05) is 26.2 Å². The minimum Gasteiger partial charge on any atom is -0.316 e. The average Bonchev–Trinajstić information content (AvgIpc) is 2.94. The third-order valence-corrected chi connectivity index (χ3v) is 4.39. The number of aromatic nitrogens is 1. The van der Waals surface area contributed by atoms with Gasteiger partial charge in [-0.05, 0) is 55.5 Å². The molecular weight excluding hydrogens is 210 g/mol. The third-order valence-electron chi connectivity index (χ3n) is 4.39. The van der Waals surface area contributed by atoms with Crippen LogP contribution in [0, 0.1) is 12.3 Å². The van der Waals surface area contributed by atoms with Gasteiger partial charge in [0.15, 0.2) is 0 Å². The summed E-state index contributed by atoms with van der Waals surface area (Å²) in [6.07, 6.45) is 6.62. The smallest absolute Gasteiger partial charge is 0.0315 e. The monoisotopic (exact) mass is 231 g/mol. The molecule has 2 fully saturated rings. The molecule has 1 aromatic rings. The Labute approximate surface area is 103 Å². The van der Waals surface area contributed by atoms with E-state index in [4.69, 9.17) is 0 Å². The number of nitrogens with zero attached hydrogens (tertiary/aromatic N) is 2. The Morgan fingerprint density at radius 2 is 2.41 bits per heavy atom. The Balaban J connectivity index is 1.66. The highest BCUT2D eigenvalue weighted by Gasteiger charge is 2.40. The second kappa shape index (κ2) is 4.39. The predicted octanol–water partition coefficient (Wildman–Crippen LogP) is 1.58. The van der Waals surface area contributed by atoms with Crippen molar-refractivity contribution in [1.82, 2.24) is 15.2 Å². The summed E-state index contributed by atoms with van der Waals surface area (Å²) in [7, 11) is 0. The van der Waals surface area contributed by atoms with Crippen molar-refractivity contribution >= 4 is 0 Å². The van der Waals surface area contributed by atoms with Crippen LogP contribution in [-0.4, -0.2) is 36.1 Å². The van der Waals surface area contributed by atoms with Gasteiger partial charge < -0.3 is 5.32 Å². The predicted molar refractivity (Wildman–Crippen MR) is 68.8 cm³/mol. The molecule has 0 bridgehead atoms. The lowest BCUT2D eigenvalue weighted by Crippen LogP contribution is -2.29. The fourth-order valence-electron chi connectivity index (χ4n) is 3.21. The topological polar surface area (TPSA) is 28.2 Å². The molecule has 2 aliphatic heterocycles. The molecule has 2 aliphatic rings. The van der Waals surface area contributed by atoms with Crippen LogP contribution in [-0.2, 0) is 6.54 Å². The van der Waals surface area contributed by atoms with Gasteiger partial charge in [0.1, 0.15) is 0 Å². The Morgan fingerprint density at radius 1 is 1.47 bits per heavy atom. The van der Waals surface area contributed by atoms with E-state index < -0.39 is 0 Å². The fraction of sp³-hybridized carbons (Fsp3) is 0.643. The highest BCUT2D eigenvalue weighted by molar-refractivity contribution is 5.21. The molecule has 0 radical (unpaired) electrons. The molecule has 1 N–H and O–H groups in total. The standard InChI is InChI=1S/C14H21N3/c1-12-2-5-15-8-13(12)9-17-7-4-14(11-17)3-6-16-10-14/h2,5,8,16H,3-4,6-7,9-11H2,1H3. The van der Waals surface area contributed by atoms with Crippen LogP contribution in [0.15, 0.2) is 18.5 Å². The quantitative estimate of drug-likeness (QED) is 0.837. The minimum absolute atomic E-state index is 0.579. The van der Waals surface area contributed by atoms with Crippen LogP contribution in [0.3, 0.4) is 0 Å². The average molecular weight is 231 g/mol. The van der Waals surface area contributed by atoms with Gasteiger partial charge in [-0.1, -0.05) is 0 Å². The van der Waals surface area contributed by atoms with Crippen LogP contribution in [0.1, 0.15) is 24.0 Å². The van der Waals surface area contributed by atoms with Gasteiger partial charge in [0, 0.05) is 32.0 Å². The minimum atomic E-state index is 0.579. The molecule has 3 rings (SSSR count). The summed E-state index contributed by atoms with van der Waals surface area (Å²) in [6.45, 7) is 8.18. The van der Waals surface area contributed by atoms with E-state index in [1.54, 1.807) is 0 Å². The molecule has 0 saturated carbocycles. The zero-order chi connectivity index (χ0) is 11.7. The van der Waals surface area contributed by atoms with Gasteiger partial charge in [-0.15, -0.1) is 0 Å². The highest BCUT2D eigenvalue weighted by Crippen LogP contribution is 2.36. The van der Waals surface area contributed by atoms with E-state index in [-0.39, 0.29) is 0 Å². The van der Waals surface area contributed by atoms with Crippen molar-refractivity contribution < 1.29 is 0 Å². The van der Waals surface area contributed by atoms with Gasteiger partial charge in [-0.25, -0.2) is 0 Å². The summed E-state index contributed by atoms with van der Waals surface area (Å²) < 4.78 is 0. The molecule has 1 aromatic heterocycles. The van der Waals surface area contributed by atoms with E-state index in [2.05, 4.69) is 28.2 Å². The van der Waals surface area contributed by atoms with Crippen LogP contribution in [0.25, 0.3) is 0 Å². The van der Waals surface area contributed by atoms with Crippen molar-refractivity contribution in [2.45, 2.75) is 26.3 Å². The summed E-state index contributed by atoms with van der Waals surface area (Å²) in [4.78, 5) is 6.83. The van der Waals surface area contributed by atoms with Crippen LogP contribution in [0.4, 0.5) is 0 Å². The van der Waals surface area contributed by atoms with Crippen LogP contribution in [0.5, 0.6) is 0 Å². The molecule has 2 saturated heterocycles. The van der Waals surface area contributed by atoms with Gasteiger partial charge >= 0.3 is 0 Å². The Kier molecular flexibility index (Phi) is 2.89. The second-order valence-corrected chi connectivity index (χ2v) is 5.69. The first-order valence-electron chi connectivity index (χ1n) is 6.60. The number of nitrogens with one attached hydrogen (secondary N) is 1. The van der Waals surface area contributed by atoms with Gasteiger partial charge in [-0.2, -0.15) is 0 Å². The van der Waals surface area contributed by atoms with Gasteiger partial charge in [-0.3, -0.25) is 9.88 Å². The maximum atomic E-state index is 4.24. The van der Waals surface area contributed by atoms with E-state index >= 15 is 0 Å². The van der Waals surface area contributed by atoms with Crippen molar-refractivity contribution in [2.24, 2.45) is 5.41 Å². The van der Waals surface area contributed by atoms with Gasteiger partial charge in [0.25, 0.3) is 0 Å². The number of likely N-dealkylation sites (tertiary alicyclic amines) is 1. The van der Waals surface area contributed by atoms with Crippen LogP contribution >= 0.6 is 0 Å². The zero-order valence-corrected chi connectivity index (χ0v) is 10.6. The lowest BCUT2D eigenvalue weighted by atomic mass is 9.86. The first-order valence-corrected chi connectivity index (χ1v) is 6.60. The van der Waals surface area contributed by atoms with Crippen molar-refractivity contribution in [3.63, 3.8) is 0 Å². The number of hydrogen-bond donors (Lipinski definition) is 1. The number of rotatable bonds is 2. The van der Waals surface area contributed by atoms with E-state index in [1.807, 2.05) is 12.4 Å². The molecule has 0 amide bonds. The highest BCUT2D eigenvalue weighted by atomic mass is 15.2. The molecule has 1 spiro atoms. The molecule has 1 atom stereocenters. The lowest BCUT2D eigenvalue weighted by molar-refractivity contribution is 0.268. The van der Waals surface area contributed by atoms with E-state index in [9.17, 15) is 0 Å². The lowest BCUT2D eigenvalue weighted by Gasteiger charge is -2.23. The maximum absolute atomic E-state index is 4.24.